The van der Waals surface area contributed by atoms with E-state index in [9.17, 15) is 13.2 Å². The second kappa shape index (κ2) is 10.5. The quantitative estimate of drug-likeness (QED) is 0.656. The smallest absolute Gasteiger partial charge is 0.243 e. The number of hydrogen-bond acceptors (Lipinski definition) is 4. The lowest BCUT2D eigenvalue weighted by atomic mass is 9.94. The van der Waals surface area contributed by atoms with Gasteiger partial charge in [0.05, 0.1) is 4.90 Å². The standard InChI is InChI=1S/C22H35N3O3S/c1-19-8-5-6-14-24(19)15-7-13-23-22(26)18-20-11-16-25(17-12-20)29(27,28)21-9-3-2-4-10-21/h2-4,9-10,19-20H,5-8,11-18H2,1H3,(H,23,26). The number of piperidine rings is 2. The SMILES string of the molecule is CC1CCCCN1CCCNC(=O)CC1CCN(S(=O)(=O)c2ccccc2)CC1. The summed E-state index contributed by atoms with van der Waals surface area (Å²) in [5.74, 6) is 0.361. The molecule has 1 aromatic carbocycles. The van der Waals surface area contributed by atoms with Gasteiger partial charge in [0.25, 0.3) is 0 Å². The van der Waals surface area contributed by atoms with Gasteiger partial charge in [0.2, 0.25) is 15.9 Å². The van der Waals surface area contributed by atoms with Crippen molar-refractivity contribution in [3.8, 4) is 0 Å². The molecule has 0 aliphatic carbocycles. The molecule has 29 heavy (non-hydrogen) atoms. The third-order valence-corrected chi connectivity index (χ3v) is 8.23. The van der Waals surface area contributed by atoms with E-state index in [0.29, 0.717) is 30.4 Å². The summed E-state index contributed by atoms with van der Waals surface area (Å²) in [6.45, 7) is 6.23. The molecule has 2 heterocycles. The summed E-state index contributed by atoms with van der Waals surface area (Å²) in [4.78, 5) is 15.1. The van der Waals surface area contributed by atoms with Gasteiger partial charge in [0.1, 0.15) is 0 Å². The molecule has 2 fully saturated rings. The highest BCUT2D eigenvalue weighted by Gasteiger charge is 2.30. The molecule has 3 rings (SSSR count). The van der Waals surface area contributed by atoms with Crippen molar-refractivity contribution in [1.29, 1.82) is 0 Å². The first-order valence-electron chi connectivity index (χ1n) is 11.0. The Bertz CT molecular complexity index is 746. The number of nitrogens with one attached hydrogen (secondary N) is 1. The Morgan fingerprint density at radius 3 is 2.48 bits per heavy atom. The number of benzene rings is 1. The maximum atomic E-state index is 12.7. The number of carbonyl (C=O) groups is 1. The molecule has 1 unspecified atom stereocenters. The van der Waals surface area contributed by atoms with Gasteiger partial charge >= 0.3 is 0 Å². The molecule has 2 aliphatic rings. The summed E-state index contributed by atoms with van der Waals surface area (Å²) < 4.78 is 26.9. The summed E-state index contributed by atoms with van der Waals surface area (Å²) in [6.07, 6.45) is 6.87. The molecule has 2 saturated heterocycles. The highest BCUT2D eigenvalue weighted by molar-refractivity contribution is 7.89. The van der Waals surface area contributed by atoms with Crippen LogP contribution in [-0.2, 0) is 14.8 Å². The number of nitrogens with zero attached hydrogens (tertiary/aromatic N) is 2. The molecule has 1 aromatic rings. The van der Waals surface area contributed by atoms with Crippen molar-refractivity contribution in [3.63, 3.8) is 0 Å². The molecular weight excluding hydrogens is 386 g/mol. The first kappa shape index (κ1) is 22.2. The van der Waals surface area contributed by atoms with E-state index in [0.717, 1.165) is 32.4 Å². The topological polar surface area (TPSA) is 69.7 Å². The number of hydrogen-bond donors (Lipinski definition) is 1. The van der Waals surface area contributed by atoms with Crippen molar-refractivity contribution >= 4 is 15.9 Å². The zero-order chi connectivity index (χ0) is 20.7. The Labute approximate surface area is 175 Å². The van der Waals surface area contributed by atoms with Gasteiger partial charge in [0, 0.05) is 38.6 Å². The number of likely N-dealkylation sites (tertiary alicyclic amines) is 1. The van der Waals surface area contributed by atoms with Crippen LogP contribution in [-0.4, -0.2) is 62.3 Å². The van der Waals surface area contributed by atoms with E-state index in [1.807, 2.05) is 6.07 Å². The van der Waals surface area contributed by atoms with Crippen LogP contribution in [0, 0.1) is 5.92 Å². The lowest BCUT2D eigenvalue weighted by molar-refractivity contribution is -0.122. The van der Waals surface area contributed by atoms with Crippen molar-refractivity contribution in [2.24, 2.45) is 5.92 Å². The molecular formula is C22H35N3O3S. The van der Waals surface area contributed by atoms with Gasteiger partial charge in [-0.1, -0.05) is 24.6 Å². The van der Waals surface area contributed by atoms with Gasteiger partial charge < -0.3 is 10.2 Å². The summed E-state index contributed by atoms with van der Waals surface area (Å²) >= 11 is 0. The van der Waals surface area contributed by atoms with Crippen LogP contribution >= 0.6 is 0 Å². The van der Waals surface area contributed by atoms with E-state index in [-0.39, 0.29) is 11.8 Å². The monoisotopic (exact) mass is 421 g/mol. The minimum Gasteiger partial charge on any atom is -0.356 e. The van der Waals surface area contributed by atoms with Gasteiger partial charge in [-0.2, -0.15) is 4.31 Å². The predicted molar refractivity (Wildman–Crippen MR) is 115 cm³/mol. The fourth-order valence-corrected chi connectivity index (χ4v) is 5.92. The molecule has 1 atom stereocenters. The molecule has 1 N–H and O–H groups in total. The highest BCUT2D eigenvalue weighted by atomic mass is 32.2. The van der Waals surface area contributed by atoms with E-state index >= 15 is 0 Å². The Balaban J connectivity index is 1.34. The minimum atomic E-state index is -3.42. The zero-order valence-electron chi connectivity index (χ0n) is 17.6. The van der Waals surface area contributed by atoms with Crippen LogP contribution in [0.5, 0.6) is 0 Å². The highest BCUT2D eigenvalue weighted by Crippen LogP contribution is 2.25. The predicted octanol–water partition coefficient (Wildman–Crippen LogP) is 2.86. The average Bonchev–Trinajstić information content (AvgIpc) is 2.73. The van der Waals surface area contributed by atoms with Crippen LogP contribution in [0.1, 0.15) is 51.9 Å². The summed E-state index contributed by atoms with van der Waals surface area (Å²) in [5, 5.41) is 3.05. The molecule has 2 aliphatic heterocycles. The van der Waals surface area contributed by atoms with Crippen LogP contribution in [0.2, 0.25) is 0 Å². The molecule has 0 aromatic heterocycles. The molecule has 0 radical (unpaired) electrons. The maximum Gasteiger partial charge on any atom is 0.243 e. The van der Waals surface area contributed by atoms with Crippen molar-refractivity contribution in [2.75, 3.05) is 32.7 Å². The van der Waals surface area contributed by atoms with Gasteiger partial charge in [-0.05, 0) is 63.6 Å². The molecule has 0 saturated carbocycles. The number of carbonyl (C=O) groups excluding carboxylic acids is 1. The molecule has 0 spiro atoms. The minimum absolute atomic E-state index is 0.0982. The Hall–Kier alpha value is -1.44. The number of sulfonamides is 1. The lowest BCUT2D eigenvalue weighted by Crippen LogP contribution is -2.40. The van der Waals surface area contributed by atoms with Crippen LogP contribution in [0.4, 0.5) is 0 Å². The van der Waals surface area contributed by atoms with Crippen molar-refractivity contribution in [1.82, 2.24) is 14.5 Å². The second-order valence-electron chi connectivity index (χ2n) is 8.45. The van der Waals surface area contributed by atoms with E-state index in [1.165, 1.54) is 25.8 Å². The lowest BCUT2D eigenvalue weighted by Gasteiger charge is -2.33. The summed E-state index contributed by atoms with van der Waals surface area (Å²) in [5.41, 5.74) is 0. The molecule has 0 bridgehead atoms. The van der Waals surface area contributed by atoms with Crippen LogP contribution in [0.3, 0.4) is 0 Å². The first-order valence-corrected chi connectivity index (χ1v) is 12.5. The maximum absolute atomic E-state index is 12.7. The first-order chi connectivity index (χ1) is 14.0. The molecule has 162 valence electrons. The fourth-order valence-electron chi connectivity index (χ4n) is 4.43. The summed E-state index contributed by atoms with van der Waals surface area (Å²) in [6, 6.07) is 9.25. The van der Waals surface area contributed by atoms with E-state index in [4.69, 9.17) is 0 Å². The Kier molecular flexibility index (Phi) is 8.09. The van der Waals surface area contributed by atoms with Gasteiger partial charge in [-0.25, -0.2) is 8.42 Å². The van der Waals surface area contributed by atoms with Gasteiger partial charge in [0.15, 0.2) is 0 Å². The van der Waals surface area contributed by atoms with Crippen LogP contribution in [0.15, 0.2) is 35.2 Å². The molecule has 6 nitrogen and oxygen atoms in total. The second-order valence-corrected chi connectivity index (χ2v) is 10.4. The van der Waals surface area contributed by atoms with Crippen LogP contribution in [0.25, 0.3) is 0 Å². The Morgan fingerprint density at radius 1 is 1.07 bits per heavy atom. The van der Waals surface area contributed by atoms with Crippen molar-refractivity contribution < 1.29 is 13.2 Å². The molecule has 7 heteroatoms. The van der Waals surface area contributed by atoms with Crippen LogP contribution < -0.4 is 5.32 Å². The van der Waals surface area contributed by atoms with Gasteiger partial charge in [-0.3, -0.25) is 4.79 Å². The third kappa shape index (κ3) is 6.27. The zero-order valence-corrected chi connectivity index (χ0v) is 18.4. The summed E-state index contributed by atoms with van der Waals surface area (Å²) in [7, 11) is -3.42. The number of amides is 1. The average molecular weight is 422 g/mol. The van der Waals surface area contributed by atoms with Crippen molar-refractivity contribution in [2.45, 2.75) is 62.8 Å². The largest absolute Gasteiger partial charge is 0.356 e. The normalized spacial score (nSPS) is 22.4. The number of rotatable bonds is 8. The fraction of sp³-hybridized carbons (Fsp3) is 0.682. The van der Waals surface area contributed by atoms with E-state index in [1.54, 1.807) is 28.6 Å². The Morgan fingerprint density at radius 2 is 1.79 bits per heavy atom. The van der Waals surface area contributed by atoms with E-state index < -0.39 is 10.0 Å². The van der Waals surface area contributed by atoms with Gasteiger partial charge in [-0.15, -0.1) is 0 Å². The third-order valence-electron chi connectivity index (χ3n) is 6.31. The van der Waals surface area contributed by atoms with E-state index in [2.05, 4.69) is 17.1 Å². The molecule has 1 amide bonds. The van der Waals surface area contributed by atoms with Crippen molar-refractivity contribution in [3.05, 3.63) is 30.3 Å².